The molecule has 0 aliphatic heterocycles. The van der Waals surface area contributed by atoms with E-state index in [1.54, 1.807) is 6.92 Å². The highest BCUT2D eigenvalue weighted by Gasteiger charge is 2.09. The molecule has 0 aliphatic rings. The minimum atomic E-state index is -0.314. The lowest BCUT2D eigenvalue weighted by atomic mass is 10.1. The average molecular weight is 208 g/mol. The van der Waals surface area contributed by atoms with E-state index in [0.717, 1.165) is 11.3 Å². The molecule has 1 aromatic rings. The molecule has 2 unspecified atom stereocenters. The molecule has 0 heterocycles. The normalized spacial score (nSPS) is 14.7. The second-order valence-electron chi connectivity index (χ2n) is 4.28. The van der Waals surface area contributed by atoms with E-state index in [9.17, 15) is 5.11 Å². The van der Waals surface area contributed by atoms with Crippen molar-refractivity contribution < 1.29 is 9.84 Å². The van der Waals surface area contributed by atoms with E-state index < -0.39 is 0 Å². The quantitative estimate of drug-likeness (QED) is 0.824. The van der Waals surface area contributed by atoms with E-state index in [1.807, 2.05) is 26.0 Å². The molecular formula is C13H20O2. The maximum atomic E-state index is 9.23. The van der Waals surface area contributed by atoms with Crippen LogP contribution in [0.25, 0.3) is 0 Å². The summed E-state index contributed by atoms with van der Waals surface area (Å²) in [7, 11) is 0. The van der Waals surface area contributed by atoms with Crippen LogP contribution in [0, 0.1) is 13.8 Å². The first-order valence-corrected chi connectivity index (χ1v) is 5.41. The first kappa shape index (κ1) is 12.1. The molecule has 2 nitrogen and oxygen atoms in total. The van der Waals surface area contributed by atoms with Gasteiger partial charge in [0.1, 0.15) is 5.75 Å². The van der Waals surface area contributed by atoms with Crippen LogP contribution in [-0.4, -0.2) is 17.3 Å². The molecule has 1 aromatic carbocycles. The Morgan fingerprint density at radius 3 is 2.47 bits per heavy atom. The molecule has 0 radical (unpaired) electrons. The van der Waals surface area contributed by atoms with Gasteiger partial charge < -0.3 is 9.84 Å². The first-order valence-electron chi connectivity index (χ1n) is 5.41. The summed E-state index contributed by atoms with van der Waals surface area (Å²) < 4.78 is 5.75. The van der Waals surface area contributed by atoms with Gasteiger partial charge in [0.2, 0.25) is 0 Å². The number of aliphatic hydroxyl groups is 1. The summed E-state index contributed by atoms with van der Waals surface area (Å²) in [6.07, 6.45) is 0.394. The Balaban J connectivity index is 2.64. The van der Waals surface area contributed by atoms with Crippen molar-refractivity contribution in [2.45, 2.75) is 46.3 Å². The van der Waals surface area contributed by atoms with Gasteiger partial charge in [-0.05, 0) is 39.3 Å². The fourth-order valence-corrected chi connectivity index (χ4v) is 1.68. The second-order valence-corrected chi connectivity index (χ2v) is 4.28. The monoisotopic (exact) mass is 208 g/mol. The number of aliphatic hydroxyl groups excluding tert-OH is 1. The molecule has 1 N–H and O–H groups in total. The molecule has 0 fully saturated rings. The van der Waals surface area contributed by atoms with Crippen LogP contribution in [0.2, 0.25) is 0 Å². The van der Waals surface area contributed by atoms with Crippen molar-refractivity contribution in [1.29, 1.82) is 0 Å². The Labute approximate surface area is 91.9 Å². The fourth-order valence-electron chi connectivity index (χ4n) is 1.68. The summed E-state index contributed by atoms with van der Waals surface area (Å²) >= 11 is 0. The van der Waals surface area contributed by atoms with Gasteiger partial charge in [0.05, 0.1) is 12.2 Å². The molecule has 15 heavy (non-hydrogen) atoms. The van der Waals surface area contributed by atoms with Crippen LogP contribution in [0.5, 0.6) is 5.75 Å². The molecule has 2 heteroatoms. The maximum Gasteiger partial charge on any atom is 0.122 e. The van der Waals surface area contributed by atoms with Gasteiger partial charge in [0, 0.05) is 6.42 Å². The van der Waals surface area contributed by atoms with E-state index in [4.69, 9.17) is 4.74 Å². The van der Waals surface area contributed by atoms with Crippen LogP contribution in [0.4, 0.5) is 0 Å². The van der Waals surface area contributed by atoms with Crippen molar-refractivity contribution in [3.63, 3.8) is 0 Å². The predicted octanol–water partition coefficient (Wildman–Crippen LogP) is 2.84. The maximum absolute atomic E-state index is 9.23. The molecule has 84 valence electrons. The molecule has 0 spiro atoms. The third-order valence-electron chi connectivity index (χ3n) is 2.33. The van der Waals surface area contributed by atoms with Crippen molar-refractivity contribution in [3.05, 3.63) is 29.3 Å². The van der Waals surface area contributed by atoms with Crippen LogP contribution in [0.15, 0.2) is 18.2 Å². The van der Waals surface area contributed by atoms with Gasteiger partial charge in [-0.3, -0.25) is 0 Å². The average Bonchev–Trinajstić information content (AvgIpc) is 2.08. The van der Waals surface area contributed by atoms with Crippen molar-refractivity contribution >= 4 is 0 Å². The smallest absolute Gasteiger partial charge is 0.122 e. The second kappa shape index (κ2) is 5.17. The van der Waals surface area contributed by atoms with Crippen LogP contribution in [0.1, 0.15) is 31.4 Å². The SMILES string of the molecule is Cc1ccc(OC(C)CC(C)O)c(C)c1. The summed E-state index contributed by atoms with van der Waals surface area (Å²) in [6.45, 7) is 7.86. The molecule has 0 saturated heterocycles. The Kier molecular flexibility index (Phi) is 4.15. The van der Waals surface area contributed by atoms with Crippen LogP contribution in [0.3, 0.4) is 0 Å². The van der Waals surface area contributed by atoms with Crippen LogP contribution >= 0.6 is 0 Å². The minimum absolute atomic E-state index is 0.0476. The number of ether oxygens (including phenoxy) is 1. The number of hydrogen-bond acceptors (Lipinski definition) is 2. The topological polar surface area (TPSA) is 29.5 Å². The lowest BCUT2D eigenvalue weighted by Crippen LogP contribution is -2.18. The Bertz CT molecular complexity index is 318. The summed E-state index contributed by atoms with van der Waals surface area (Å²) in [4.78, 5) is 0. The van der Waals surface area contributed by atoms with Gasteiger partial charge in [-0.25, -0.2) is 0 Å². The van der Waals surface area contributed by atoms with Gasteiger partial charge in [-0.15, -0.1) is 0 Å². The van der Waals surface area contributed by atoms with E-state index in [0.29, 0.717) is 6.42 Å². The van der Waals surface area contributed by atoms with Crippen LogP contribution in [-0.2, 0) is 0 Å². The number of benzene rings is 1. The third-order valence-corrected chi connectivity index (χ3v) is 2.33. The first-order chi connectivity index (χ1) is 6.99. The minimum Gasteiger partial charge on any atom is -0.490 e. The van der Waals surface area contributed by atoms with Gasteiger partial charge in [-0.1, -0.05) is 17.7 Å². The van der Waals surface area contributed by atoms with Crippen LogP contribution < -0.4 is 4.74 Å². The van der Waals surface area contributed by atoms with Gasteiger partial charge >= 0.3 is 0 Å². The molecule has 0 saturated carbocycles. The number of hydrogen-bond donors (Lipinski definition) is 1. The van der Waals surface area contributed by atoms with E-state index in [1.165, 1.54) is 5.56 Å². The Morgan fingerprint density at radius 2 is 1.93 bits per heavy atom. The molecular weight excluding hydrogens is 188 g/mol. The highest BCUT2D eigenvalue weighted by atomic mass is 16.5. The fraction of sp³-hybridized carbons (Fsp3) is 0.538. The zero-order chi connectivity index (χ0) is 11.4. The summed E-state index contributed by atoms with van der Waals surface area (Å²) in [5.74, 6) is 0.911. The number of rotatable bonds is 4. The van der Waals surface area contributed by atoms with Crippen molar-refractivity contribution in [3.8, 4) is 5.75 Å². The van der Waals surface area contributed by atoms with Gasteiger partial charge in [0.25, 0.3) is 0 Å². The highest BCUT2D eigenvalue weighted by Crippen LogP contribution is 2.20. The van der Waals surface area contributed by atoms with E-state index >= 15 is 0 Å². The van der Waals surface area contributed by atoms with Crippen molar-refractivity contribution in [1.82, 2.24) is 0 Å². The largest absolute Gasteiger partial charge is 0.490 e. The molecule has 0 bridgehead atoms. The summed E-state index contributed by atoms with van der Waals surface area (Å²) in [5, 5.41) is 9.23. The molecule has 0 aliphatic carbocycles. The lowest BCUT2D eigenvalue weighted by Gasteiger charge is -2.17. The van der Waals surface area contributed by atoms with E-state index in [-0.39, 0.29) is 12.2 Å². The molecule has 0 amide bonds. The summed E-state index contributed by atoms with van der Waals surface area (Å²) in [5.41, 5.74) is 2.38. The standard InChI is InChI=1S/C13H20O2/c1-9-5-6-13(10(2)7-9)15-12(4)8-11(3)14/h5-7,11-12,14H,8H2,1-4H3. The molecule has 0 aromatic heterocycles. The van der Waals surface area contributed by atoms with E-state index in [2.05, 4.69) is 13.0 Å². The Morgan fingerprint density at radius 1 is 1.27 bits per heavy atom. The highest BCUT2D eigenvalue weighted by molar-refractivity contribution is 5.35. The third kappa shape index (κ3) is 3.92. The van der Waals surface area contributed by atoms with Gasteiger partial charge in [-0.2, -0.15) is 0 Å². The Hall–Kier alpha value is -1.02. The summed E-state index contributed by atoms with van der Waals surface area (Å²) in [6, 6.07) is 6.13. The van der Waals surface area contributed by atoms with Crippen molar-refractivity contribution in [2.75, 3.05) is 0 Å². The van der Waals surface area contributed by atoms with Gasteiger partial charge in [0.15, 0.2) is 0 Å². The number of aryl methyl sites for hydroxylation is 2. The predicted molar refractivity (Wildman–Crippen MR) is 62.3 cm³/mol. The molecule has 1 rings (SSSR count). The lowest BCUT2D eigenvalue weighted by molar-refractivity contribution is 0.115. The zero-order valence-electron chi connectivity index (χ0n) is 9.95. The zero-order valence-corrected chi connectivity index (χ0v) is 9.95. The van der Waals surface area contributed by atoms with Crippen molar-refractivity contribution in [2.24, 2.45) is 0 Å². The molecule has 2 atom stereocenters.